The van der Waals surface area contributed by atoms with Gasteiger partial charge < -0.3 is 5.73 Å². The Morgan fingerprint density at radius 2 is 2.22 bits per heavy atom. The molecule has 0 bridgehead atoms. The first kappa shape index (κ1) is 13.5. The van der Waals surface area contributed by atoms with Crippen molar-refractivity contribution >= 4 is 22.6 Å². The lowest BCUT2D eigenvalue weighted by Crippen LogP contribution is -2.14. The minimum atomic E-state index is -0.220. The fourth-order valence-electron chi connectivity index (χ4n) is 1.91. The number of benzene rings is 1. The van der Waals surface area contributed by atoms with Crippen molar-refractivity contribution in [3.05, 3.63) is 51.1 Å². The van der Waals surface area contributed by atoms with Crippen LogP contribution in [0.4, 0.5) is 4.39 Å². The predicted octanol–water partition coefficient (Wildman–Crippen LogP) is 2.80. The van der Waals surface area contributed by atoms with E-state index in [9.17, 15) is 4.39 Å². The molecular weight excluding hydrogens is 344 g/mol. The van der Waals surface area contributed by atoms with Gasteiger partial charge in [0.25, 0.3) is 0 Å². The highest BCUT2D eigenvalue weighted by Gasteiger charge is 2.11. The second-order valence-corrected chi connectivity index (χ2v) is 5.42. The molecule has 1 heterocycles. The Balaban J connectivity index is 2.03. The molecule has 96 valence electrons. The zero-order valence-electron chi connectivity index (χ0n) is 10.1. The van der Waals surface area contributed by atoms with Gasteiger partial charge in [0, 0.05) is 28.6 Å². The highest BCUT2D eigenvalue weighted by Crippen LogP contribution is 2.22. The standard InChI is InChI=1S/C13H15FIN3/c1-18-10(6-7-17-18)3-5-13(16)11-4-2-9(14)8-12(11)15/h2,4,6-8,13H,3,5,16H2,1H3. The van der Waals surface area contributed by atoms with Crippen molar-refractivity contribution in [2.24, 2.45) is 12.8 Å². The second kappa shape index (κ2) is 5.79. The summed E-state index contributed by atoms with van der Waals surface area (Å²) in [6.45, 7) is 0. The third kappa shape index (κ3) is 3.08. The average Bonchev–Trinajstić information content (AvgIpc) is 2.72. The Morgan fingerprint density at radius 3 is 2.83 bits per heavy atom. The van der Waals surface area contributed by atoms with Crippen LogP contribution in [0.15, 0.2) is 30.5 Å². The molecule has 2 aromatic rings. The van der Waals surface area contributed by atoms with Crippen molar-refractivity contribution in [2.45, 2.75) is 18.9 Å². The van der Waals surface area contributed by atoms with E-state index in [1.807, 2.05) is 17.8 Å². The van der Waals surface area contributed by atoms with Crippen LogP contribution in [0.3, 0.4) is 0 Å². The van der Waals surface area contributed by atoms with Crippen LogP contribution in [0.25, 0.3) is 0 Å². The van der Waals surface area contributed by atoms with E-state index in [0.29, 0.717) is 0 Å². The maximum Gasteiger partial charge on any atom is 0.124 e. The number of rotatable bonds is 4. The lowest BCUT2D eigenvalue weighted by Gasteiger charge is -2.14. The van der Waals surface area contributed by atoms with Gasteiger partial charge in [0.1, 0.15) is 5.82 Å². The summed E-state index contributed by atoms with van der Waals surface area (Å²) in [5.74, 6) is -0.220. The van der Waals surface area contributed by atoms with E-state index in [0.717, 1.165) is 27.7 Å². The summed E-state index contributed by atoms with van der Waals surface area (Å²) in [6, 6.07) is 6.65. The Kier molecular flexibility index (Phi) is 4.34. The number of hydrogen-bond donors (Lipinski definition) is 1. The quantitative estimate of drug-likeness (QED) is 0.854. The van der Waals surface area contributed by atoms with Gasteiger partial charge >= 0.3 is 0 Å². The molecule has 0 aliphatic heterocycles. The summed E-state index contributed by atoms with van der Waals surface area (Å²) in [4.78, 5) is 0. The first-order chi connectivity index (χ1) is 8.58. The molecule has 5 heteroatoms. The summed E-state index contributed by atoms with van der Waals surface area (Å²) >= 11 is 2.12. The van der Waals surface area contributed by atoms with Gasteiger partial charge in [-0.1, -0.05) is 6.07 Å². The van der Waals surface area contributed by atoms with Crippen molar-refractivity contribution in [1.82, 2.24) is 9.78 Å². The molecule has 0 saturated carbocycles. The van der Waals surface area contributed by atoms with Crippen LogP contribution in [0.1, 0.15) is 23.7 Å². The highest BCUT2D eigenvalue weighted by atomic mass is 127. The van der Waals surface area contributed by atoms with Crippen LogP contribution in [0, 0.1) is 9.39 Å². The van der Waals surface area contributed by atoms with Crippen LogP contribution < -0.4 is 5.73 Å². The van der Waals surface area contributed by atoms with E-state index < -0.39 is 0 Å². The molecule has 0 aliphatic rings. The van der Waals surface area contributed by atoms with E-state index in [2.05, 4.69) is 27.7 Å². The molecule has 2 N–H and O–H groups in total. The molecule has 1 aromatic heterocycles. The molecule has 0 radical (unpaired) electrons. The Labute approximate surface area is 119 Å². The molecule has 0 amide bonds. The van der Waals surface area contributed by atoms with Crippen molar-refractivity contribution in [3.8, 4) is 0 Å². The maximum absolute atomic E-state index is 13.0. The minimum Gasteiger partial charge on any atom is -0.324 e. The first-order valence-corrected chi connectivity index (χ1v) is 6.83. The molecule has 0 fully saturated rings. The molecular formula is C13H15FIN3. The minimum absolute atomic E-state index is 0.0765. The third-order valence-electron chi connectivity index (χ3n) is 3.00. The number of nitrogens with zero attached hydrogens (tertiary/aromatic N) is 2. The van der Waals surface area contributed by atoms with Gasteiger partial charge in [0.2, 0.25) is 0 Å². The number of hydrogen-bond acceptors (Lipinski definition) is 2. The summed E-state index contributed by atoms with van der Waals surface area (Å²) in [6.07, 6.45) is 3.47. The largest absolute Gasteiger partial charge is 0.324 e. The topological polar surface area (TPSA) is 43.8 Å². The van der Waals surface area contributed by atoms with Gasteiger partial charge in [-0.3, -0.25) is 4.68 Å². The van der Waals surface area contributed by atoms with E-state index in [1.165, 1.54) is 12.1 Å². The zero-order valence-corrected chi connectivity index (χ0v) is 12.3. The lowest BCUT2D eigenvalue weighted by atomic mass is 10.0. The number of nitrogens with two attached hydrogens (primary N) is 1. The molecule has 0 saturated heterocycles. The van der Waals surface area contributed by atoms with Crippen LogP contribution in [-0.4, -0.2) is 9.78 Å². The van der Waals surface area contributed by atoms with E-state index in [4.69, 9.17) is 5.73 Å². The molecule has 18 heavy (non-hydrogen) atoms. The normalized spacial score (nSPS) is 12.7. The molecule has 1 atom stereocenters. The lowest BCUT2D eigenvalue weighted by molar-refractivity contribution is 0.603. The van der Waals surface area contributed by atoms with Crippen molar-refractivity contribution in [3.63, 3.8) is 0 Å². The van der Waals surface area contributed by atoms with Gasteiger partial charge in [0.05, 0.1) is 0 Å². The van der Waals surface area contributed by atoms with E-state index in [-0.39, 0.29) is 11.9 Å². The van der Waals surface area contributed by atoms with Crippen molar-refractivity contribution < 1.29 is 4.39 Å². The average molecular weight is 359 g/mol. The van der Waals surface area contributed by atoms with Gasteiger partial charge in [-0.05, 0) is 59.2 Å². The molecule has 0 aliphatic carbocycles. The number of aromatic nitrogens is 2. The number of halogens is 2. The summed E-state index contributed by atoms with van der Waals surface area (Å²) in [5, 5.41) is 4.12. The summed E-state index contributed by atoms with van der Waals surface area (Å²) in [5.41, 5.74) is 8.31. The zero-order chi connectivity index (χ0) is 13.1. The third-order valence-corrected chi connectivity index (χ3v) is 3.93. The molecule has 2 rings (SSSR count). The van der Waals surface area contributed by atoms with Crippen molar-refractivity contribution in [2.75, 3.05) is 0 Å². The van der Waals surface area contributed by atoms with Gasteiger partial charge in [-0.25, -0.2) is 4.39 Å². The van der Waals surface area contributed by atoms with Crippen LogP contribution in [-0.2, 0) is 13.5 Å². The van der Waals surface area contributed by atoms with Crippen LogP contribution in [0.5, 0.6) is 0 Å². The molecule has 3 nitrogen and oxygen atoms in total. The summed E-state index contributed by atoms with van der Waals surface area (Å²) in [7, 11) is 1.92. The fraction of sp³-hybridized carbons (Fsp3) is 0.308. The molecule has 0 spiro atoms. The van der Waals surface area contributed by atoms with Gasteiger partial charge in [-0.2, -0.15) is 5.10 Å². The van der Waals surface area contributed by atoms with Gasteiger partial charge in [0.15, 0.2) is 0 Å². The van der Waals surface area contributed by atoms with Crippen LogP contribution >= 0.6 is 22.6 Å². The van der Waals surface area contributed by atoms with Gasteiger partial charge in [-0.15, -0.1) is 0 Å². The fourth-order valence-corrected chi connectivity index (χ4v) is 2.78. The smallest absolute Gasteiger partial charge is 0.124 e. The Morgan fingerprint density at radius 1 is 1.44 bits per heavy atom. The first-order valence-electron chi connectivity index (χ1n) is 5.75. The number of aryl methyl sites for hydroxylation is 2. The molecule has 1 aromatic carbocycles. The summed E-state index contributed by atoms with van der Waals surface area (Å²) < 4.78 is 15.7. The predicted molar refractivity (Wildman–Crippen MR) is 77.6 cm³/mol. The van der Waals surface area contributed by atoms with E-state index >= 15 is 0 Å². The molecule has 1 unspecified atom stereocenters. The second-order valence-electron chi connectivity index (χ2n) is 4.26. The van der Waals surface area contributed by atoms with Crippen molar-refractivity contribution in [1.29, 1.82) is 0 Å². The Hall–Kier alpha value is -0.950. The SMILES string of the molecule is Cn1nccc1CCC(N)c1ccc(F)cc1I. The monoisotopic (exact) mass is 359 g/mol. The maximum atomic E-state index is 13.0. The van der Waals surface area contributed by atoms with Crippen LogP contribution in [0.2, 0.25) is 0 Å². The Bertz CT molecular complexity index is 539. The van der Waals surface area contributed by atoms with E-state index in [1.54, 1.807) is 12.3 Å². The highest BCUT2D eigenvalue weighted by molar-refractivity contribution is 14.1.